The summed E-state index contributed by atoms with van der Waals surface area (Å²) in [4.78, 5) is 46.5. The van der Waals surface area contributed by atoms with E-state index in [9.17, 15) is 24.3 Å². The van der Waals surface area contributed by atoms with Crippen molar-refractivity contribution in [3.8, 4) is 0 Å². The molecule has 1 unspecified atom stereocenters. The van der Waals surface area contributed by atoms with Gasteiger partial charge in [0.25, 0.3) is 0 Å². The molecule has 2 atom stereocenters. The highest BCUT2D eigenvalue weighted by Gasteiger charge is 2.24. The summed E-state index contributed by atoms with van der Waals surface area (Å²) in [6.07, 6.45) is 0.0925. The molecular weight excluding hydrogens is 388 g/mol. The van der Waals surface area contributed by atoms with Crippen molar-refractivity contribution in [1.29, 1.82) is 0 Å². The maximum atomic E-state index is 12.2. The first-order valence-corrected chi connectivity index (χ1v) is 9.22. The number of halogens is 1. The van der Waals surface area contributed by atoms with Crippen LogP contribution in [0.15, 0.2) is 24.3 Å². The van der Waals surface area contributed by atoms with E-state index in [0.29, 0.717) is 17.0 Å². The minimum atomic E-state index is -1.21. The zero-order valence-electron chi connectivity index (χ0n) is 15.8. The Bertz CT molecular complexity index is 705. The SMILES string of the molecule is CC(C)CC(CC(=O)O)C(=O)NCC(=O)N[C@@H](Cc1ccc(Cl)cc1)C(=O)O. The molecule has 0 aromatic heterocycles. The molecule has 1 aromatic carbocycles. The van der Waals surface area contributed by atoms with Crippen LogP contribution in [0.1, 0.15) is 32.3 Å². The maximum Gasteiger partial charge on any atom is 0.326 e. The lowest BCUT2D eigenvalue weighted by Gasteiger charge is -2.18. The van der Waals surface area contributed by atoms with Gasteiger partial charge in [0.1, 0.15) is 6.04 Å². The third kappa shape index (κ3) is 8.85. The van der Waals surface area contributed by atoms with E-state index in [1.54, 1.807) is 24.3 Å². The highest BCUT2D eigenvalue weighted by molar-refractivity contribution is 6.30. The van der Waals surface area contributed by atoms with Gasteiger partial charge in [-0.25, -0.2) is 4.79 Å². The second-order valence-electron chi connectivity index (χ2n) is 6.93. The topological polar surface area (TPSA) is 133 Å². The van der Waals surface area contributed by atoms with Gasteiger partial charge in [-0.15, -0.1) is 0 Å². The predicted octanol–water partition coefficient (Wildman–Crippen LogP) is 1.71. The summed E-state index contributed by atoms with van der Waals surface area (Å²) in [6.45, 7) is 3.30. The van der Waals surface area contributed by atoms with Crippen LogP contribution < -0.4 is 10.6 Å². The summed E-state index contributed by atoms with van der Waals surface area (Å²) >= 11 is 5.79. The highest BCUT2D eigenvalue weighted by Crippen LogP contribution is 2.16. The van der Waals surface area contributed by atoms with Gasteiger partial charge in [-0.05, 0) is 30.0 Å². The van der Waals surface area contributed by atoms with E-state index in [0.717, 1.165) is 0 Å². The quantitative estimate of drug-likeness (QED) is 0.437. The smallest absolute Gasteiger partial charge is 0.326 e. The minimum Gasteiger partial charge on any atom is -0.481 e. The number of aliphatic carboxylic acids is 2. The molecule has 0 aliphatic heterocycles. The van der Waals surface area contributed by atoms with Crippen LogP contribution in [-0.2, 0) is 25.6 Å². The second-order valence-corrected chi connectivity index (χ2v) is 7.37. The van der Waals surface area contributed by atoms with Crippen molar-refractivity contribution >= 4 is 35.4 Å². The first-order chi connectivity index (χ1) is 13.1. The molecule has 8 nitrogen and oxygen atoms in total. The Hall–Kier alpha value is -2.61. The van der Waals surface area contributed by atoms with Crippen LogP contribution >= 0.6 is 11.6 Å². The van der Waals surface area contributed by atoms with E-state index in [-0.39, 0.29) is 18.8 Å². The molecule has 0 saturated carbocycles. The Morgan fingerprint density at radius 1 is 1.07 bits per heavy atom. The Kier molecular flexibility index (Phi) is 9.44. The molecule has 0 aliphatic rings. The molecule has 1 aromatic rings. The van der Waals surface area contributed by atoms with Crippen molar-refractivity contribution < 1.29 is 29.4 Å². The molecular formula is C19H25ClN2O6. The highest BCUT2D eigenvalue weighted by atomic mass is 35.5. The normalized spacial score (nSPS) is 12.9. The average molecular weight is 413 g/mol. The molecule has 0 bridgehead atoms. The third-order valence-electron chi connectivity index (χ3n) is 3.96. The molecule has 0 spiro atoms. The monoisotopic (exact) mass is 412 g/mol. The van der Waals surface area contributed by atoms with Crippen molar-refractivity contribution in [2.75, 3.05) is 6.54 Å². The molecule has 4 N–H and O–H groups in total. The summed E-state index contributed by atoms with van der Waals surface area (Å²) in [5, 5.41) is 23.5. The number of carboxylic acids is 2. The fourth-order valence-corrected chi connectivity index (χ4v) is 2.80. The fraction of sp³-hybridized carbons (Fsp3) is 0.474. The van der Waals surface area contributed by atoms with Gasteiger partial charge in [0.05, 0.1) is 13.0 Å². The number of carbonyl (C=O) groups is 4. The number of carbonyl (C=O) groups excluding carboxylic acids is 2. The van der Waals surface area contributed by atoms with E-state index in [1.165, 1.54) is 0 Å². The number of amides is 2. The summed E-state index contributed by atoms with van der Waals surface area (Å²) in [7, 11) is 0. The largest absolute Gasteiger partial charge is 0.481 e. The molecule has 1 rings (SSSR count). The molecule has 2 amide bonds. The van der Waals surface area contributed by atoms with E-state index in [1.807, 2.05) is 13.8 Å². The molecule has 154 valence electrons. The van der Waals surface area contributed by atoms with Crippen molar-refractivity contribution in [3.05, 3.63) is 34.9 Å². The van der Waals surface area contributed by atoms with Crippen molar-refractivity contribution in [3.63, 3.8) is 0 Å². The first kappa shape index (κ1) is 23.4. The number of hydrogen-bond donors (Lipinski definition) is 4. The number of carboxylic acid groups (broad SMARTS) is 2. The van der Waals surface area contributed by atoms with Gasteiger partial charge in [0, 0.05) is 17.4 Å². The van der Waals surface area contributed by atoms with Crippen LogP contribution in [0.3, 0.4) is 0 Å². The van der Waals surface area contributed by atoms with Crippen molar-refractivity contribution in [2.45, 2.75) is 39.2 Å². The zero-order chi connectivity index (χ0) is 21.3. The Morgan fingerprint density at radius 2 is 1.68 bits per heavy atom. The zero-order valence-corrected chi connectivity index (χ0v) is 16.5. The van der Waals surface area contributed by atoms with E-state index < -0.39 is 42.3 Å². The standard InChI is InChI=1S/C19H25ClN2O6/c1-11(2)7-13(9-17(24)25)18(26)21-10-16(23)22-15(19(27)28)8-12-3-5-14(20)6-4-12/h3-6,11,13,15H,7-10H2,1-2H3,(H,21,26)(H,22,23)(H,24,25)(H,27,28)/t13?,15-/m0/s1. The van der Waals surface area contributed by atoms with Crippen LogP contribution in [0.2, 0.25) is 5.02 Å². The maximum absolute atomic E-state index is 12.2. The first-order valence-electron chi connectivity index (χ1n) is 8.84. The molecule has 9 heteroatoms. The van der Waals surface area contributed by atoms with Crippen molar-refractivity contribution in [2.24, 2.45) is 11.8 Å². The lowest BCUT2D eigenvalue weighted by Crippen LogP contribution is -2.47. The molecule has 0 heterocycles. The predicted molar refractivity (Wildman–Crippen MR) is 103 cm³/mol. The Balaban J connectivity index is 2.61. The molecule has 0 fully saturated rings. The van der Waals surface area contributed by atoms with Crippen LogP contribution in [0.5, 0.6) is 0 Å². The average Bonchev–Trinajstić information content (AvgIpc) is 2.59. The summed E-state index contributed by atoms with van der Waals surface area (Å²) in [6, 6.07) is 5.39. The lowest BCUT2D eigenvalue weighted by molar-refractivity contribution is -0.142. The van der Waals surface area contributed by atoms with Crippen LogP contribution in [0, 0.1) is 11.8 Å². The lowest BCUT2D eigenvalue weighted by atomic mass is 9.93. The third-order valence-corrected chi connectivity index (χ3v) is 4.21. The molecule has 0 aliphatic carbocycles. The van der Waals surface area contributed by atoms with Gasteiger partial charge in [-0.1, -0.05) is 37.6 Å². The minimum absolute atomic E-state index is 0.0567. The van der Waals surface area contributed by atoms with Gasteiger partial charge >= 0.3 is 11.9 Å². The Morgan fingerprint density at radius 3 is 2.18 bits per heavy atom. The fourth-order valence-electron chi connectivity index (χ4n) is 2.68. The number of nitrogens with one attached hydrogen (secondary N) is 2. The summed E-state index contributed by atoms with van der Waals surface area (Å²) in [5.41, 5.74) is 0.680. The van der Waals surface area contributed by atoms with E-state index >= 15 is 0 Å². The van der Waals surface area contributed by atoms with E-state index in [4.69, 9.17) is 16.7 Å². The number of rotatable bonds is 11. The summed E-state index contributed by atoms with van der Waals surface area (Å²) in [5.74, 6) is -4.17. The molecule has 28 heavy (non-hydrogen) atoms. The van der Waals surface area contributed by atoms with Gasteiger partial charge < -0.3 is 20.8 Å². The van der Waals surface area contributed by atoms with Gasteiger partial charge in [0.15, 0.2) is 0 Å². The number of benzene rings is 1. The van der Waals surface area contributed by atoms with Gasteiger partial charge in [-0.3, -0.25) is 14.4 Å². The van der Waals surface area contributed by atoms with Gasteiger partial charge in [-0.2, -0.15) is 0 Å². The summed E-state index contributed by atoms with van der Waals surface area (Å²) < 4.78 is 0. The molecule has 0 saturated heterocycles. The van der Waals surface area contributed by atoms with Crippen molar-refractivity contribution in [1.82, 2.24) is 10.6 Å². The molecule has 0 radical (unpaired) electrons. The van der Waals surface area contributed by atoms with Gasteiger partial charge in [0.2, 0.25) is 11.8 Å². The Labute approximate surface area is 168 Å². The second kappa shape index (κ2) is 11.3. The van der Waals surface area contributed by atoms with Crippen LogP contribution in [0.25, 0.3) is 0 Å². The van der Waals surface area contributed by atoms with E-state index in [2.05, 4.69) is 10.6 Å². The van der Waals surface area contributed by atoms with Crippen LogP contribution in [0.4, 0.5) is 0 Å². The van der Waals surface area contributed by atoms with Crippen LogP contribution in [-0.4, -0.2) is 46.6 Å². The number of hydrogen-bond acceptors (Lipinski definition) is 4.